The topological polar surface area (TPSA) is 73.3 Å². The lowest BCUT2D eigenvalue weighted by atomic mass is 9.99. The quantitative estimate of drug-likeness (QED) is 0.699. The molecule has 17 heavy (non-hydrogen) atoms. The minimum Gasteiger partial charge on any atom is -0.397 e. The summed E-state index contributed by atoms with van der Waals surface area (Å²) in [5.41, 5.74) is 13.7. The van der Waals surface area contributed by atoms with E-state index in [4.69, 9.17) is 16.2 Å². The van der Waals surface area contributed by atoms with Gasteiger partial charge in [0.1, 0.15) is 0 Å². The van der Waals surface area contributed by atoms with Crippen LogP contribution in [0.5, 0.6) is 0 Å². The van der Waals surface area contributed by atoms with E-state index in [2.05, 4.69) is 12.2 Å². The molecule has 1 heterocycles. The second-order valence-electron chi connectivity index (χ2n) is 4.59. The van der Waals surface area contributed by atoms with Crippen LogP contribution in [0.3, 0.4) is 0 Å². The first-order chi connectivity index (χ1) is 8.20. The molecule has 1 aliphatic heterocycles. The highest BCUT2D eigenvalue weighted by Crippen LogP contribution is 2.25. The molecule has 4 nitrogen and oxygen atoms in total. The van der Waals surface area contributed by atoms with Crippen LogP contribution in [0.2, 0.25) is 0 Å². The Morgan fingerprint density at radius 3 is 2.88 bits per heavy atom. The Labute approximate surface area is 102 Å². The molecule has 0 radical (unpaired) electrons. The molecule has 1 aromatic rings. The van der Waals surface area contributed by atoms with Crippen molar-refractivity contribution in [3.8, 4) is 0 Å². The van der Waals surface area contributed by atoms with E-state index in [0.29, 0.717) is 23.4 Å². The lowest BCUT2D eigenvalue weighted by molar-refractivity contribution is 0.0900. The highest BCUT2D eigenvalue weighted by atomic mass is 16.5. The normalized spacial score (nSPS) is 23.8. The molecule has 2 rings (SSSR count). The summed E-state index contributed by atoms with van der Waals surface area (Å²) in [6.45, 7) is 3.99. The van der Waals surface area contributed by atoms with Gasteiger partial charge in [-0.15, -0.1) is 0 Å². The summed E-state index contributed by atoms with van der Waals surface area (Å²) in [6.07, 6.45) is 2.61. The summed E-state index contributed by atoms with van der Waals surface area (Å²) in [7, 11) is 0. The van der Waals surface area contributed by atoms with Crippen LogP contribution in [-0.4, -0.2) is 19.3 Å². The summed E-state index contributed by atoms with van der Waals surface area (Å²) in [5.74, 6) is 0.596. The lowest BCUT2D eigenvalue weighted by Crippen LogP contribution is -2.22. The minimum atomic E-state index is 0.397. The van der Waals surface area contributed by atoms with Crippen molar-refractivity contribution >= 4 is 17.1 Å². The molecule has 2 unspecified atom stereocenters. The van der Waals surface area contributed by atoms with Gasteiger partial charge in [-0.1, -0.05) is 6.92 Å². The Hall–Kier alpha value is -1.42. The number of benzene rings is 1. The first-order valence-electron chi connectivity index (χ1n) is 6.21. The molecule has 1 fully saturated rings. The Balaban J connectivity index is 1.91. The fourth-order valence-corrected chi connectivity index (χ4v) is 2.31. The highest BCUT2D eigenvalue weighted by Gasteiger charge is 2.26. The van der Waals surface area contributed by atoms with E-state index in [-0.39, 0.29) is 0 Å². The molecule has 0 saturated carbocycles. The van der Waals surface area contributed by atoms with Gasteiger partial charge in [0.15, 0.2) is 0 Å². The number of nitrogens with two attached hydrogens (primary N) is 2. The van der Waals surface area contributed by atoms with Crippen LogP contribution in [0.25, 0.3) is 0 Å². The van der Waals surface area contributed by atoms with Gasteiger partial charge in [0.25, 0.3) is 0 Å². The summed E-state index contributed by atoms with van der Waals surface area (Å²) in [6, 6.07) is 5.68. The molecule has 1 aromatic carbocycles. The molecule has 0 aromatic heterocycles. The Morgan fingerprint density at radius 2 is 2.18 bits per heavy atom. The molecule has 5 N–H and O–H groups in total. The number of ether oxygens (including phenoxy) is 1. The third-order valence-electron chi connectivity index (χ3n) is 3.40. The smallest absolute Gasteiger partial charge is 0.0618 e. The zero-order valence-corrected chi connectivity index (χ0v) is 10.3. The average Bonchev–Trinajstić information content (AvgIpc) is 2.78. The van der Waals surface area contributed by atoms with Crippen LogP contribution in [0, 0.1) is 5.92 Å². The van der Waals surface area contributed by atoms with Gasteiger partial charge in [-0.05, 0) is 31.0 Å². The molecule has 0 amide bonds. The van der Waals surface area contributed by atoms with Crippen molar-refractivity contribution in [1.82, 2.24) is 0 Å². The van der Waals surface area contributed by atoms with Gasteiger partial charge in [-0.3, -0.25) is 0 Å². The van der Waals surface area contributed by atoms with Gasteiger partial charge in [0, 0.05) is 24.8 Å². The van der Waals surface area contributed by atoms with Gasteiger partial charge in [0.05, 0.1) is 17.5 Å². The molecule has 0 bridgehead atoms. The molecular weight excluding hydrogens is 214 g/mol. The number of hydrogen-bond acceptors (Lipinski definition) is 4. The number of nitrogens with one attached hydrogen (secondary N) is 1. The zero-order chi connectivity index (χ0) is 12.3. The van der Waals surface area contributed by atoms with Crippen molar-refractivity contribution in [1.29, 1.82) is 0 Å². The van der Waals surface area contributed by atoms with Crippen LogP contribution in [-0.2, 0) is 4.74 Å². The Bertz CT molecular complexity index is 381. The van der Waals surface area contributed by atoms with E-state index in [1.807, 2.05) is 18.2 Å². The highest BCUT2D eigenvalue weighted by molar-refractivity contribution is 5.69. The number of nitrogen functional groups attached to an aromatic ring is 2. The maximum Gasteiger partial charge on any atom is 0.0618 e. The predicted octanol–water partition coefficient (Wildman–Crippen LogP) is 2.08. The minimum absolute atomic E-state index is 0.397. The summed E-state index contributed by atoms with van der Waals surface area (Å²) >= 11 is 0. The molecule has 0 aliphatic carbocycles. The zero-order valence-electron chi connectivity index (χ0n) is 10.3. The largest absolute Gasteiger partial charge is 0.397 e. The van der Waals surface area contributed by atoms with Gasteiger partial charge < -0.3 is 21.5 Å². The van der Waals surface area contributed by atoms with Crippen molar-refractivity contribution < 1.29 is 4.74 Å². The Kier molecular flexibility index (Phi) is 3.74. The molecule has 94 valence electrons. The van der Waals surface area contributed by atoms with Crippen LogP contribution >= 0.6 is 0 Å². The van der Waals surface area contributed by atoms with E-state index in [9.17, 15) is 0 Å². The molecule has 1 aliphatic rings. The monoisotopic (exact) mass is 235 g/mol. The van der Waals surface area contributed by atoms with E-state index in [1.54, 1.807) is 0 Å². The molecule has 0 spiro atoms. The molecule has 1 saturated heterocycles. The van der Waals surface area contributed by atoms with Gasteiger partial charge >= 0.3 is 0 Å². The standard InChI is InChI=1S/C13H21N3O/c1-2-13-9(5-6-17-13)8-16-10-3-4-11(14)12(15)7-10/h3-4,7,9,13,16H,2,5-6,8,14-15H2,1H3. The Morgan fingerprint density at radius 1 is 1.35 bits per heavy atom. The van der Waals surface area contributed by atoms with E-state index >= 15 is 0 Å². The fourth-order valence-electron chi connectivity index (χ4n) is 2.31. The van der Waals surface area contributed by atoms with E-state index in [0.717, 1.165) is 31.7 Å². The third kappa shape index (κ3) is 2.82. The lowest BCUT2D eigenvalue weighted by Gasteiger charge is -2.18. The summed E-state index contributed by atoms with van der Waals surface area (Å²) in [4.78, 5) is 0. The molecule has 4 heteroatoms. The number of anilines is 3. The van der Waals surface area contributed by atoms with Gasteiger partial charge in [0.2, 0.25) is 0 Å². The maximum absolute atomic E-state index is 5.77. The number of hydrogen-bond donors (Lipinski definition) is 3. The first-order valence-corrected chi connectivity index (χ1v) is 6.21. The second kappa shape index (κ2) is 5.27. The van der Waals surface area contributed by atoms with E-state index < -0.39 is 0 Å². The predicted molar refractivity (Wildman–Crippen MR) is 71.9 cm³/mol. The van der Waals surface area contributed by atoms with Crippen molar-refractivity contribution in [2.45, 2.75) is 25.9 Å². The van der Waals surface area contributed by atoms with Crippen molar-refractivity contribution in [3.05, 3.63) is 18.2 Å². The average molecular weight is 235 g/mol. The maximum atomic E-state index is 5.77. The first kappa shape index (κ1) is 12.0. The fraction of sp³-hybridized carbons (Fsp3) is 0.538. The third-order valence-corrected chi connectivity index (χ3v) is 3.40. The second-order valence-corrected chi connectivity index (χ2v) is 4.59. The van der Waals surface area contributed by atoms with Crippen molar-refractivity contribution in [3.63, 3.8) is 0 Å². The number of rotatable bonds is 4. The van der Waals surface area contributed by atoms with Crippen molar-refractivity contribution in [2.75, 3.05) is 29.9 Å². The van der Waals surface area contributed by atoms with Crippen LogP contribution < -0.4 is 16.8 Å². The summed E-state index contributed by atoms with van der Waals surface area (Å²) < 4.78 is 5.66. The SMILES string of the molecule is CCC1OCCC1CNc1ccc(N)c(N)c1. The summed E-state index contributed by atoms with van der Waals surface area (Å²) in [5, 5.41) is 3.40. The van der Waals surface area contributed by atoms with Crippen LogP contribution in [0.1, 0.15) is 19.8 Å². The van der Waals surface area contributed by atoms with E-state index in [1.165, 1.54) is 0 Å². The van der Waals surface area contributed by atoms with Crippen molar-refractivity contribution in [2.24, 2.45) is 5.92 Å². The van der Waals surface area contributed by atoms with Crippen LogP contribution in [0.4, 0.5) is 17.1 Å². The van der Waals surface area contributed by atoms with Gasteiger partial charge in [-0.2, -0.15) is 0 Å². The van der Waals surface area contributed by atoms with Crippen LogP contribution in [0.15, 0.2) is 18.2 Å². The molecular formula is C13H21N3O. The molecule has 2 atom stereocenters. The van der Waals surface area contributed by atoms with Gasteiger partial charge in [-0.25, -0.2) is 0 Å².